The van der Waals surface area contributed by atoms with Gasteiger partial charge >= 0.3 is 0 Å². The molecule has 0 unspecified atom stereocenters. The van der Waals surface area contributed by atoms with Gasteiger partial charge in [0.1, 0.15) is 5.82 Å². The zero-order valence-electron chi connectivity index (χ0n) is 11.0. The van der Waals surface area contributed by atoms with E-state index < -0.39 is 0 Å². The molecular formula is C14H13BrN2O3S. The molecule has 0 aliphatic rings. The van der Waals surface area contributed by atoms with Crippen molar-refractivity contribution in [2.75, 3.05) is 16.8 Å². The van der Waals surface area contributed by atoms with E-state index in [1.807, 2.05) is 0 Å². The Hall–Kier alpha value is -1.60. The third kappa shape index (κ3) is 5.35. The van der Waals surface area contributed by atoms with Gasteiger partial charge in [0, 0.05) is 22.8 Å². The summed E-state index contributed by atoms with van der Waals surface area (Å²) in [5.41, 5.74) is 0. The van der Waals surface area contributed by atoms with Crippen LogP contribution in [0.5, 0.6) is 0 Å². The zero-order chi connectivity index (χ0) is 15.1. The molecule has 1 N–H and O–H groups in total. The molecule has 110 valence electrons. The van der Waals surface area contributed by atoms with Gasteiger partial charge in [0.15, 0.2) is 11.5 Å². The molecule has 0 bridgehead atoms. The van der Waals surface area contributed by atoms with Gasteiger partial charge < -0.3 is 9.73 Å². The molecule has 5 nitrogen and oxygen atoms in total. The van der Waals surface area contributed by atoms with Crippen LogP contribution in [0.25, 0.3) is 0 Å². The smallest absolute Gasteiger partial charge is 0.235 e. The maximum atomic E-state index is 11.7. The lowest BCUT2D eigenvalue weighted by Gasteiger charge is -2.04. The first kappa shape index (κ1) is 15.8. The fourth-order valence-corrected chi connectivity index (χ4v) is 2.49. The summed E-state index contributed by atoms with van der Waals surface area (Å²) in [6.45, 7) is 0. The Morgan fingerprint density at radius 2 is 2.19 bits per heavy atom. The molecule has 0 atom stereocenters. The molecule has 0 saturated carbocycles. The van der Waals surface area contributed by atoms with Crippen LogP contribution in [0.2, 0.25) is 0 Å². The fourth-order valence-electron chi connectivity index (χ4n) is 1.52. The van der Waals surface area contributed by atoms with Crippen LogP contribution in [0.1, 0.15) is 17.0 Å². The van der Waals surface area contributed by atoms with Crippen LogP contribution < -0.4 is 5.32 Å². The number of furan rings is 1. The van der Waals surface area contributed by atoms with E-state index in [1.54, 1.807) is 30.5 Å². The highest BCUT2D eigenvalue weighted by atomic mass is 79.9. The number of nitrogens with one attached hydrogen (secondary N) is 1. The van der Waals surface area contributed by atoms with Gasteiger partial charge in [-0.25, -0.2) is 4.98 Å². The fraction of sp³-hybridized carbons (Fsp3) is 0.214. The highest BCUT2D eigenvalue weighted by Crippen LogP contribution is 2.12. The van der Waals surface area contributed by atoms with E-state index in [2.05, 4.69) is 26.2 Å². The van der Waals surface area contributed by atoms with Crippen LogP contribution in [0.15, 0.2) is 45.6 Å². The number of ketones is 1. The number of nitrogens with zero attached hydrogens (tertiary/aromatic N) is 1. The van der Waals surface area contributed by atoms with E-state index in [0.717, 1.165) is 4.47 Å². The van der Waals surface area contributed by atoms with E-state index in [9.17, 15) is 9.59 Å². The minimum atomic E-state index is -0.139. The number of pyridine rings is 1. The zero-order valence-corrected chi connectivity index (χ0v) is 13.4. The topological polar surface area (TPSA) is 72.2 Å². The normalized spacial score (nSPS) is 10.3. The molecule has 2 rings (SSSR count). The molecule has 0 fully saturated rings. The number of carbonyl (C=O) groups excluding carboxylic acids is 2. The van der Waals surface area contributed by atoms with Gasteiger partial charge in [-0.2, -0.15) is 11.8 Å². The summed E-state index contributed by atoms with van der Waals surface area (Å²) in [4.78, 5) is 27.4. The monoisotopic (exact) mass is 368 g/mol. The number of carbonyl (C=O) groups is 2. The standard InChI is InChI=1S/C14H13BrN2O3S/c15-10-3-4-13(16-8-10)17-14(19)9-21-7-5-11(18)12-2-1-6-20-12/h1-4,6,8H,5,7,9H2,(H,16,17,19). The van der Waals surface area contributed by atoms with Crippen molar-refractivity contribution in [3.05, 3.63) is 47.0 Å². The quantitative estimate of drug-likeness (QED) is 0.598. The van der Waals surface area contributed by atoms with Gasteiger partial charge in [0.2, 0.25) is 5.91 Å². The number of rotatable bonds is 7. The molecule has 2 aromatic heterocycles. The lowest BCUT2D eigenvalue weighted by molar-refractivity contribution is -0.113. The predicted molar refractivity (Wildman–Crippen MR) is 85.5 cm³/mol. The summed E-state index contributed by atoms with van der Waals surface area (Å²) in [5.74, 6) is 1.53. The Kier molecular flexibility index (Phi) is 6.01. The Bertz CT molecular complexity index is 599. The SMILES string of the molecule is O=C(CSCCC(=O)c1ccco1)Nc1ccc(Br)cn1. The largest absolute Gasteiger partial charge is 0.461 e. The number of Topliss-reactive ketones (excluding diaryl/α,β-unsaturated/α-hetero) is 1. The number of anilines is 1. The number of thioether (sulfide) groups is 1. The van der Waals surface area contributed by atoms with Gasteiger partial charge in [-0.3, -0.25) is 9.59 Å². The molecule has 0 aliphatic carbocycles. The number of aromatic nitrogens is 1. The number of amides is 1. The summed E-state index contributed by atoms with van der Waals surface area (Å²) < 4.78 is 5.86. The molecular weight excluding hydrogens is 356 g/mol. The van der Waals surface area contributed by atoms with Crippen molar-refractivity contribution in [3.8, 4) is 0 Å². The molecule has 2 heterocycles. The van der Waals surface area contributed by atoms with E-state index in [4.69, 9.17) is 4.42 Å². The van der Waals surface area contributed by atoms with Gasteiger partial charge in [0.25, 0.3) is 0 Å². The van der Waals surface area contributed by atoms with Crippen molar-refractivity contribution in [3.63, 3.8) is 0 Å². The van der Waals surface area contributed by atoms with Crippen molar-refractivity contribution >= 4 is 45.2 Å². The molecule has 0 aromatic carbocycles. The number of halogens is 1. The average molecular weight is 369 g/mol. The van der Waals surface area contributed by atoms with Crippen molar-refractivity contribution < 1.29 is 14.0 Å². The van der Waals surface area contributed by atoms with Crippen LogP contribution in [0.4, 0.5) is 5.82 Å². The first-order valence-electron chi connectivity index (χ1n) is 6.21. The molecule has 0 aliphatic heterocycles. The van der Waals surface area contributed by atoms with Crippen LogP contribution in [-0.4, -0.2) is 28.2 Å². The Morgan fingerprint density at radius 1 is 1.33 bits per heavy atom. The average Bonchev–Trinajstić information content (AvgIpc) is 3.00. The van der Waals surface area contributed by atoms with E-state index in [1.165, 1.54) is 18.0 Å². The highest BCUT2D eigenvalue weighted by molar-refractivity contribution is 9.10. The summed E-state index contributed by atoms with van der Waals surface area (Å²) in [7, 11) is 0. The summed E-state index contributed by atoms with van der Waals surface area (Å²) >= 11 is 4.67. The maximum absolute atomic E-state index is 11.7. The minimum absolute atomic E-state index is 0.0533. The maximum Gasteiger partial charge on any atom is 0.235 e. The lowest BCUT2D eigenvalue weighted by atomic mass is 10.2. The molecule has 0 radical (unpaired) electrons. The second kappa shape index (κ2) is 7.99. The Balaban J connectivity index is 1.65. The predicted octanol–water partition coefficient (Wildman–Crippen LogP) is 3.38. The molecule has 21 heavy (non-hydrogen) atoms. The number of hydrogen-bond donors (Lipinski definition) is 1. The van der Waals surface area contributed by atoms with Crippen LogP contribution in [-0.2, 0) is 4.79 Å². The summed E-state index contributed by atoms with van der Waals surface area (Å²) in [6, 6.07) is 6.84. The second-order valence-electron chi connectivity index (χ2n) is 4.11. The van der Waals surface area contributed by atoms with Crippen molar-refractivity contribution in [1.29, 1.82) is 0 Å². The van der Waals surface area contributed by atoms with Crippen LogP contribution in [0, 0.1) is 0 Å². The highest BCUT2D eigenvalue weighted by Gasteiger charge is 2.09. The van der Waals surface area contributed by atoms with Crippen molar-refractivity contribution in [2.45, 2.75) is 6.42 Å². The first-order chi connectivity index (χ1) is 10.1. The lowest BCUT2D eigenvalue weighted by Crippen LogP contribution is -2.15. The van der Waals surface area contributed by atoms with Crippen molar-refractivity contribution in [2.24, 2.45) is 0 Å². The van der Waals surface area contributed by atoms with E-state index in [-0.39, 0.29) is 17.4 Å². The van der Waals surface area contributed by atoms with Gasteiger partial charge in [-0.15, -0.1) is 0 Å². The third-order valence-electron chi connectivity index (χ3n) is 2.50. The van der Waals surface area contributed by atoms with E-state index >= 15 is 0 Å². The first-order valence-corrected chi connectivity index (χ1v) is 8.16. The number of hydrogen-bond acceptors (Lipinski definition) is 5. The van der Waals surface area contributed by atoms with Gasteiger partial charge in [0.05, 0.1) is 12.0 Å². The molecule has 1 amide bonds. The van der Waals surface area contributed by atoms with Crippen LogP contribution in [0.3, 0.4) is 0 Å². The molecule has 0 spiro atoms. The van der Waals surface area contributed by atoms with Crippen LogP contribution >= 0.6 is 27.7 Å². The summed E-state index contributed by atoms with van der Waals surface area (Å²) in [6.07, 6.45) is 3.44. The van der Waals surface area contributed by atoms with Gasteiger partial charge in [-0.1, -0.05) is 0 Å². The van der Waals surface area contributed by atoms with Crippen molar-refractivity contribution in [1.82, 2.24) is 4.98 Å². The minimum Gasteiger partial charge on any atom is -0.461 e. The third-order valence-corrected chi connectivity index (χ3v) is 3.93. The second-order valence-corrected chi connectivity index (χ2v) is 6.13. The molecule has 7 heteroatoms. The van der Waals surface area contributed by atoms with E-state index in [0.29, 0.717) is 23.8 Å². The summed E-state index contributed by atoms with van der Waals surface area (Å²) in [5, 5.41) is 2.69. The Morgan fingerprint density at radius 3 is 2.86 bits per heavy atom. The molecule has 2 aromatic rings. The van der Waals surface area contributed by atoms with Gasteiger partial charge in [-0.05, 0) is 40.2 Å². The Labute approximate surface area is 134 Å². The molecule has 0 saturated heterocycles.